The van der Waals surface area contributed by atoms with E-state index < -0.39 is 0 Å². The summed E-state index contributed by atoms with van der Waals surface area (Å²) in [6.45, 7) is 5.31. The van der Waals surface area contributed by atoms with Gasteiger partial charge in [0.05, 0.1) is 12.3 Å². The third-order valence-corrected chi connectivity index (χ3v) is 3.74. The molecule has 2 rings (SSSR count). The van der Waals surface area contributed by atoms with Crippen molar-refractivity contribution in [1.29, 1.82) is 0 Å². The summed E-state index contributed by atoms with van der Waals surface area (Å²) >= 11 is 1.81. The second-order valence-electron chi connectivity index (χ2n) is 4.26. The maximum atomic E-state index is 5.61. The molecule has 3 heteroatoms. The first-order valence-corrected chi connectivity index (χ1v) is 6.99. The Bertz CT molecular complexity index is 433. The van der Waals surface area contributed by atoms with E-state index in [-0.39, 0.29) is 0 Å². The fourth-order valence-electron chi connectivity index (χ4n) is 1.95. The van der Waals surface area contributed by atoms with Gasteiger partial charge in [-0.05, 0) is 43.0 Å². The molecule has 0 bridgehead atoms. The number of thiophene rings is 1. The van der Waals surface area contributed by atoms with Crippen LogP contribution >= 0.6 is 11.3 Å². The lowest BCUT2D eigenvalue weighted by molar-refractivity contribution is 0.409. The largest absolute Gasteiger partial charge is 0.467 e. The van der Waals surface area contributed by atoms with Crippen molar-refractivity contribution in [1.82, 2.24) is 5.32 Å². The van der Waals surface area contributed by atoms with Gasteiger partial charge in [-0.3, -0.25) is 0 Å². The summed E-state index contributed by atoms with van der Waals surface area (Å²) in [6.07, 6.45) is 3.92. The van der Waals surface area contributed by atoms with Gasteiger partial charge in [-0.25, -0.2) is 0 Å². The molecule has 17 heavy (non-hydrogen) atoms. The summed E-state index contributed by atoms with van der Waals surface area (Å²) in [5.74, 6) is 1.08. The topological polar surface area (TPSA) is 25.2 Å². The van der Waals surface area contributed by atoms with Crippen molar-refractivity contribution in [2.24, 2.45) is 0 Å². The molecule has 2 aromatic heterocycles. The zero-order valence-corrected chi connectivity index (χ0v) is 11.2. The molecule has 0 aliphatic heterocycles. The third kappa shape index (κ3) is 3.20. The third-order valence-electron chi connectivity index (χ3n) is 2.84. The molecule has 92 valence electrons. The molecule has 0 fully saturated rings. The van der Waals surface area contributed by atoms with E-state index in [4.69, 9.17) is 4.42 Å². The fraction of sp³-hybridized carbons (Fsp3) is 0.429. The van der Waals surface area contributed by atoms with Crippen molar-refractivity contribution >= 4 is 11.3 Å². The first-order valence-electron chi connectivity index (χ1n) is 6.11. The highest BCUT2D eigenvalue weighted by molar-refractivity contribution is 7.09. The van der Waals surface area contributed by atoms with E-state index in [2.05, 4.69) is 36.7 Å². The summed E-state index contributed by atoms with van der Waals surface area (Å²) in [5, 5.41) is 5.69. The summed E-state index contributed by atoms with van der Waals surface area (Å²) in [7, 11) is 0. The lowest BCUT2D eigenvalue weighted by Gasteiger charge is -2.16. The van der Waals surface area contributed by atoms with E-state index in [0.29, 0.717) is 6.04 Å². The fourth-order valence-corrected chi connectivity index (χ4v) is 2.70. The molecule has 2 nitrogen and oxygen atoms in total. The van der Waals surface area contributed by atoms with Gasteiger partial charge >= 0.3 is 0 Å². The summed E-state index contributed by atoms with van der Waals surface area (Å²) in [5.41, 5.74) is 1.23. The van der Waals surface area contributed by atoms with Crippen LogP contribution < -0.4 is 5.32 Å². The molecule has 0 saturated heterocycles. The first-order chi connectivity index (χ1) is 8.31. The number of aryl methyl sites for hydroxylation is 1. The Balaban J connectivity index is 2.11. The maximum absolute atomic E-state index is 5.61. The van der Waals surface area contributed by atoms with Gasteiger partial charge in [0.15, 0.2) is 0 Å². The van der Waals surface area contributed by atoms with Crippen LogP contribution in [0.1, 0.15) is 35.6 Å². The van der Waals surface area contributed by atoms with E-state index in [9.17, 15) is 0 Å². The summed E-state index contributed by atoms with van der Waals surface area (Å²) < 4.78 is 5.61. The Labute approximate surface area is 107 Å². The zero-order chi connectivity index (χ0) is 12.1. The number of furan rings is 1. The van der Waals surface area contributed by atoms with Crippen LogP contribution in [0.25, 0.3) is 0 Å². The molecule has 1 N–H and O–H groups in total. The molecule has 0 aliphatic rings. The Hall–Kier alpha value is -1.06. The molecule has 0 saturated carbocycles. The minimum atomic E-state index is 0.295. The number of nitrogens with one attached hydrogen (secondary N) is 1. The highest BCUT2D eigenvalue weighted by Gasteiger charge is 2.17. The molecule has 0 spiro atoms. The Morgan fingerprint density at radius 3 is 2.88 bits per heavy atom. The molecule has 0 amide bonds. The van der Waals surface area contributed by atoms with Crippen molar-refractivity contribution in [3.05, 3.63) is 46.0 Å². The quantitative estimate of drug-likeness (QED) is 0.839. The van der Waals surface area contributed by atoms with Crippen molar-refractivity contribution in [2.45, 2.75) is 32.7 Å². The standard InChI is InChI=1S/C14H19NOS/c1-3-7-15-13(10-12-5-4-9-17-12)14-11(2)6-8-16-14/h4-6,8-9,13,15H,3,7,10H2,1-2H3. The van der Waals surface area contributed by atoms with Crippen molar-refractivity contribution in [2.75, 3.05) is 6.54 Å². The molecule has 0 aromatic carbocycles. The van der Waals surface area contributed by atoms with Gasteiger partial charge in [0.2, 0.25) is 0 Å². The average molecular weight is 249 g/mol. The van der Waals surface area contributed by atoms with Crippen LogP contribution in [-0.2, 0) is 6.42 Å². The molecular formula is C14H19NOS. The monoisotopic (exact) mass is 249 g/mol. The molecule has 2 aromatic rings. The van der Waals surface area contributed by atoms with Crippen LogP contribution in [0, 0.1) is 6.92 Å². The smallest absolute Gasteiger partial charge is 0.123 e. The average Bonchev–Trinajstić information content (AvgIpc) is 2.95. The van der Waals surface area contributed by atoms with E-state index in [1.807, 2.05) is 6.07 Å². The minimum absolute atomic E-state index is 0.295. The lowest BCUT2D eigenvalue weighted by Crippen LogP contribution is -2.24. The highest BCUT2D eigenvalue weighted by atomic mass is 32.1. The number of rotatable bonds is 6. The van der Waals surface area contributed by atoms with Gasteiger partial charge in [0, 0.05) is 11.3 Å². The normalized spacial score (nSPS) is 12.8. The Kier molecular flexibility index (Phi) is 4.40. The van der Waals surface area contributed by atoms with Gasteiger partial charge in [-0.2, -0.15) is 0 Å². The number of hydrogen-bond acceptors (Lipinski definition) is 3. The predicted molar refractivity (Wildman–Crippen MR) is 72.5 cm³/mol. The Morgan fingerprint density at radius 1 is 1.41 bits per heavy atom. The molecule has 1 unspecified atom stereocenters. The van der Waals surface area contributed by atoms with Gasteiger partial charge in [-0.15, -0.1) is 11.3 Å². The second-order valence-corrected chi connectivity index (χ2v) is 5.29. The second kappa shape index (κ2) is 6.03. The van der Waals surface area contributed by atoms with Gasteiger partial charge in [-0.1, -0.05) is 13.0 Å². The zero-order valence-electron chi connectivity index (χ0n) is 10.4. The molecular weight excluding hydrogens is 230 g/mol. The molecule has 0 aliphatic carbocycles. The summed E-state index contributed by atoms with van der Waals surface area (Å²) in [4.78, 5) is 1.40. The predicted octanol–water partition coefficient (Wildman–Crippen LogP) is 3.93. The molecule has 0 radical (unpaired) electrons. The SMILES string of the molecule is CCCNC(Cc1cccs1)c1occc1C. The lowest BCUT2D eigenvalue weighted by atomic mass is 10.1. The van der Waals surface area contributed by atoms with Gasteiger partial charge < -0.3 is 9.73 Å². The number of hydrogen-bond donors (Lipinski definition) is 1. The van der Waals surface area contributed by atoms with Crippen LogP contribution in [-0.4, -0.2) is 6.54 Å². The van der Waals surface area contributed by atoms with E-state index in [1.165, 1.54) is 10.4 Å². The van der Waals surface area contributed by atoms with Crippen LogP contribution in [0.2, 0.25) is 0 Å². The molecule has 1 atom stereocenters. The van der Waals surface area contributed by atoms with E-state index in [0.717, 1.165) is 25.1 Å². The summed E-state index contributed by atoms with van der Waals surface area (Å²) in [6, 6.07) is 6.61. The van der Waals surface area contributed by atoms with E-state index in [1.54, 1.807) is 17.6 Å². The minimum Gasteiger partial charge on any atom is -0.467 e. The van der Waals surface area contributed by atoms with Crippen LogP contribution in [0.4, 0.5) is 0 Å². The first kappa shape index (κ1) is 12.4. The van der Waals surface area contributed by atoms with Crippen molar-refractivity contribution < 1.29 is 4.42 Å². The van der Waals surface area contributed by atoms with Gasteiger partial charge in [0.25, 0.3) is 0 Å². The Morgan fingerprint density at radius 2 is 2.29 bits per heavy atom. The van der Waals surface area contributed by atoms with Crippen molar-refractivity contribution in [3.8, 4) is 0 Å². The molecule has 2 heterocycles. The van der Waals surface area contributed by atoms with Crippen molar-refractivity contribution in [3.63, 3.8) is 0 Å². The van der Waals surface area contributed by atoms with Gasteiger partial charge in [0.1, 0.15) is 5.76 Å². The van der Waals surface area contributed by atoms with Crippen LogP contribution in [0.3, 0.4) is 0 Å². The maximum Gasteiger partial charge on any atom is 0.123 e. The van der Waals surface area contributed by atoms with Crippen LogP contribution in [0.5, 0.6) is 0 Å². The van der Waals surface area contributed by atoms with Crippen LogP contribution in [0.15, 0.2) is 34.3 Å². The highest BCUT2D eigenvalue weighted by Crippen LogP contribution is 2.24. The van der Waals surface area contributed by atoms with E-state index >= 15 is 0 Å².